The number of nitrogens with one attached hydrogen (secondary N) is 1. The Morgan fingerprint density at radius 3 is 2.44 bits per heavy atom. The van der Waals surface area contributed by atoms with Crippen LogP contribution in [-0.2, 0) is 26.4 Å². The first-order valence-electron chi connectivity index (χ1n) is 10.5. The molecule has 3 heterocycles. The topological polar surface area (TPSA) is 109 Å². The fourth-order valence-corrected chi connectivity index (χ4v) is 6.75. The number of hydrogen-bond acceptors (Lipinski definition) is 6. The number of aromatic amines is 1. The van der Waals surface area contributed by atoms with E-state index in [0.29, 0.717) is 18.2 Å². The molecule has 1 fully saturated rings. The number of pyridine rings is 1. The van der Waals surface area contributed by atoms with Crippen molar-refractivity contribution >= 4 is 30.8 Å². The zero-order valence-corrected chi connectivity index (χ0v) is 20.0. The van der Waals surface area contributed by atoms with Crippen LogP contribution in [0.15, 0.2) is 51.1 Å². The summed E-state index contributed by atoms with van der Waals surface area (Å²) in [6.45, 7) is 5.92. The Kier molecular flexibility index (Phi) is 5.81. The molecule has 0 bridgehead atoms. The average molecular weight is 478 g/mol. The van der Waals surface area contributed by atoms with Crippen LogP contribution in [0.4, 0.5) is 0 Å². The van der Waals surface area contributed by atoms with Crippen molar-refractivity contribution in [1.29, 1.82) is 0 Å². The van der Waals surface area contributed by atoms with Gasteiger partial charge in [-0.25, -0.2) is 20.8 Å². The highest BCUT2D eigenvalue weighted by Crippen LogP contribution is 2.29. The van der Waals surface area contributed by atoms with Crippen LogP contribution in [0.5, 0.6) is 0 Å². The van der Waals surface area contributed by atoms with Crippen molar-refractivity contribution in [2.45, 2.75) is 43.0 Å². The van der Waals surface area contributed by atoms with E-state index in [9.17, 15) is 21.6 Å². The second kappa shape index (κ2) is 8.17. The number of nitrogens with zero attached hydrogens (tertiary/aromatic N) is 2. The first-order chi connectivity index (χ1) is 15.0. The average Bonchev–Trinajstić information content (AvgIpc) is 3.08. The number of benzene rings is 1. The van der Waals surface area contributed by atoms with Crippen LogP contribution in [0, 0.1) is 12.8 Å². The van der Waals surface area contributed by atoms with Gasteiger partial charge in [0.25, 0.3) is 15.6 Å². The molecule has 0 unspecified atom stereocenters. The number of fused-ring (bicyclic) bond motifs is 1. The second-order valence-electron chi connectivity index (χ2n) is 8.72. The molecule has 32 heavy (non-hydrogen) atoms. The van der Waals surface area contributed by atoms with E-state index in [-0.39, 0.29) is 20.7 Å². The van der Waals surface area contributed by atoms with Crippen LogP contribution < -0.4 is 5.56 Å². The van der Waals surface area contributed by atoms with Crippen LogP contribution in [0.25, 0.3) is 10.9 Å². The predicted octanol–water partition coefficient (Wildman–Crippen LogP) is 2.51. The minimum Gasteiger partial charge on any atom is -0.326 e. The van der Waals surface area contributed by atoms with Gasteiger partial charge in [0.15, 0.2) is 9.84 Å². The normalized spacial score (nSPS) is 18.3. The summed E-state index contributed by atoms with van der Waals surface area (Å²) in [4.78, 5) is 17.3. The standard InChI is InChI=1S/C22H27N3O5S2/c1-15-6-8-18(9-7-15)32(29,30)25-17(14-24-10-4-5-16(2)13-24)11-19-20(31(3,27)28)12-23-22(26)21(19)25/h6-9,11-12,16H,4-5,10,13-14H2,1-3H3,(H,23,26)/t16-/m0/s1. The molecule has 10 heteroatoms. The van der Waals surface area contributed by atoms with Gasteiger partial charge in [-0.2, -0.15) is 0 Å². The van der Waals surface area contributed by atoms with E-state index >= 15 is 0 Å². The summed E-state index contributed by atoms with van der Waals surface area (Å²) in [5.74, 6) is 0.477. The first-order valence-corrected chi connectivity index (χ1v) is 13.8. The number of piperidine rings is 1. The number of aryl methyl sites for hydroxylation is 1. The summed E-state index contributed by atoms with van der Waals surface area (Å²) >= 11 is 0. The van der Waals surface area contributed by atoms with Gasteiger partial charge in [0, 0.05) is 36.6 Å². The Balaban J connectivity index is 2.00. The molecule has 1 aliphatic rings. The zero-order chi connectivity index (χ0) is 23.3. The molecule has 1 atom stereocenters. The maximum Gasteiger partial charge on any atom is 0.273 e. The summed E-state index contributed by atoms with van der Waals surface area (Å²) in [5.41, 5.74) is 0.451. The third-order valence-electron chi connectivity index (χ3n) is 5.93. The number of likely N-dealkylation sites (tertiary alicyclic amines) is 1. The lowest BCUT2D eigenvalue weighted by Gasteiger charge is -2.30. The van der Waals surface area contributed by atoms with Crippen LogP contribution in [0.2, 0.25) is 0 Å². The molecule has 0 aliphatic carbocycles. The molecule has 172 valence electrons. The minimum atomic E-state index is -4.14. The molecule has 1 saturated heterocycles. The quantitative estimate of drug-likeness (QED) is 0.605. The summed E-state index contributed by atoms with van der Waals surface area (Å²) in [7, 11) is -7.84. The molecule has 0 saturated carbocycles. The SMILES string of the molecule is Cc1ccc(S(=O)(=O)n2c(CN3CCC[C@H](C)C3)cc3c(S(C)(=O)=O)c[nH]c(=O)c32)cc1. The van der Waals surface area contributed by atoms with Crippen LogP contribution >= 0.6 is 0 Å². The Labute approximate surface area is 187 Å². The Hall–Kier alpha value is -2.43. The fourth-order valence-electron chi connectivity index (χ4n) is 4.39. The van der Waals surface area contributed by atoms with Crippen molar-refractivity contribution < 1.29 is 16.8 Å². The number of sulfone groups is 1. The van der Waals surface area contributed by atoms with Crippen LogP contribution in [-0.4, -0.2) is 50.0 Å². The highest BCUT2D eigenvalue weighted by Gasteiger charge is 2.29. The third-order valence-corrected chi connectivity index (χ3v) is 8.83. The third kappa shape index (κ3) is 4.14. The molecule has 1 aromatic carbocycles. The monoisotopic (exact) mass is 477 g/mol. The van der Waals surface area contributed by atoms with Gasteiger partial charge in [0.2, 0.25) is 0 Å². The van der Waals surface area contributed by atoms with Gasteiger partial charge in [0.1, 0.15) is 5.52 Å². The molecule has 1 N–H and O–H groups in total. The molecule has 3 aromatic rings. The molecule has 0 amide bonds. The van der Waals surface area contributed by atoms with Gasteiger partial charge in [-0.05, 0) is 50.4 Å². The Morgan fingerprint density at radius 1 is 1.12 bits per heavy atom. The maximum absolute atomic E-state index is 13.7. The highest BCUT2D eigenvalue weighted by molar-refractivity contribution is 7.91. The Morgan fingerprint density at radius 2 is 1.81 bits per heavy atom. The van der Waals surface area contributed by atoms with Crippen molar-refractivity contribution in [3.05, 3.63) is 58.1 Å². The summed E-state index contributed by atoms with van der Waals surface area (Å²) in [6.07, 6.45) is 4.29. The summed E-state index contributed by atoms with van der Waals surface area (Å²) in [6, 6.07) is 7.91. The van der Waals surface area contributed by atoms with Gasteiger partial charge < -0.3 is 4.98 Å². The minimum absolute atomic E-state index is 0.0398. The van der Waals surface area contributed by atoms with Crippen LogP contribution in [0.3, 0.4) is 0 Å². The van der Waals surface area contributed by atoms with Crippen molar-refractivity contribution in [3.8, 4) is 0 Å². The van der Waals surface area contributed by atoms with Crippen molar-refractivity contribution in [2.24, 2.45) is 5.92 Å². The first kappa shape index (κ1) is 22.8. The van der Waals surface area contributed by atoms with E-state index in [2.05, 4.69) is 16.8 Å². The summed E-state index contributed by atoms with van der Waals surface area (Å²) in [5, 5.41) is 0.118. The molecule has 8 nitrogen and oxygen atoms in total. The van der Waals surface area contributed by atoms with Crippen molar-refractivity contribution in [3.63, 3.8) is 0 Å². The van der Waals surface area contributed by atoms with E-state index in [1.165, 1.54) is 18.2 Å². The van der Waals surface area contributed by atoms with Gasteiger partial charge in [-0.3, -0.25) is 9.69 Å². The lowest BCUT2D eigenvalue weighted by atomic mass is 10.0. The van der Waals surface area contributed by atoms with Crippen molar-refractivity contribution in [2.75, 3.05) is 19.3 Å². The van der Waals surface area contributed by atoms with E-state index in [4.69, 9.17) is 0 Å². The van der Waals surface area contributed by atoms with E-state index in [1.54, 1.807) is 12.1 Å². The van der Waals surface area contributed by atoms with Crippen molar-refractivity contribution in [1.82, 2.24) is 13.9 Å². The number of rotatable bonds is 5. The lowest BCUT2D eigenvalue weighted by molar-refractivity contribution is 0.174. The van der Waals surface area contributed by atoms with Gasteiger partial charge in [-0.1, -0.05) is 24.6 Å². The highest BCUT2D eigenvalue weighted by atomic mass is 32.2. The lowest BCUT2D eigenvalue weighted by Crippen LogP contribution is -2.35. The van der Waals surface area contributed by atoms with E-state index in [1.807, 2.05) is 6.92 Å². The molecule has 0 radical (unpaired) electrons. The summed E-state index contributed by atoms with van der Waals surface area (Å²) < 4.78 is 53.2. The molecule has 2 aromatic heterocycles. The number of H-pyrrole nitrogens is 1. The van der Waals surface area contributed by atoms with Gasteiger partial charge >= 0.3 is 0 Å². The molecule has 4 rings (SSSR count). The van der Waals surface area contributed by atoms with Gasteiger partial charge in [-0.15, -0.1) is 0 Å². The van der Waals surface area contributed by atoms with Crippen LogP contribution in [0.1, 0.15) is 31.0 Å². The Bertz CT molecular complexity index is 1440. The maximum atomic E-state index is 13.7. The molecule has 1 aliphatic heterocycles. The number of hydrogen-bond donors (Lipinski definition) is 1. The second-order valence-corrected chi connectivity index (χ2v) is 12.5. The van der Waals surface area contributed by atoms with Gasteiger partial charge in [0.05, 0.1) is 9.79 Å². The molecular formula is C22H27N3O5S2. The zero-order valence-electron chi connectivity index (χ0n) is 18.3. The number of aromatic nitrogens is 2. The molecular weight excluding hydrogens is 450 g/mol. The molecule has 0 spiro atoms. The fraction of sp³-hybridized carbons (Fsp3) is 0.409. The largest absolute Gasteiger partial charge is 0.326 e. The van der Waals surface area contributed by atoms with E-state index < -0.39 is 25.4 Å². The predicted molar refractivity (Wildman–Crippen MR) is 123 cm³/mol. The van der Waals surface area contributed by atoms with E-state index in [0.717, 1.165) is 47.9 Å². The smallest absolute Gasteiger partial charge is 0.273 e.